The lowest BCUT2D eigenvalue weighted by atomic mass is 10.1. The molecule has 1 aliphatic heterocycles. The zero-order valence-corrected chi connectivity index (χ0v) is 15.9. The van der Waals surface area contributed by atoms with Gasteiger partial charge in [-0.2, -0.15) is 0 Å². The fraction of sp³-hybridized carbons (Fsp3) is 0.318. The smallest absolute Gasteiger partial charge is 0.251 e. The number of hydrogen-bond donors (Lipinski definition) is 1. The number of carbonyl (C=O) groups excluding carboxylic acids is 1. The van der Waals surface area contributed by atoms with E-state index >= 15 is 0 Å². The Morgan fingerprint density at radius 2 is 1.82 bits per heavy atom. The third-order valence-electron chi connectivity index (χ3n) is 5.25. The van der Waals surface area contributed by atoms with E-state index < -0.39 is 0 Å². The van der Waals surface area contributed by atoms with Crippen LogP contribution in [0.25, 0.3) is 10.9 Å². The maximum absolute atomic E-state index is 13.1. The van der Waals surface area contributed by atoms with E-state index in [0.29, 0.717) is 5.56 Å². The highest BCUT2D eigenvalue weighted by Gasteiger charge is 2.17. The molecule has 2 heterocycles. The van der Waals surface area contributed by atoms with Gasteiger partial charge in [-0.05, 0) is 62.1 Å². The molecule has 5 nitrogen and oxygen atoms in total. The van der Waals surface area contributed by atoms with Gasteiger partial charge in [0.25, 0.3) is 5.91 Å². The van der Waals surface area contributed by atoms with E-state index in [1.165, 1.54) is 18.6 Å². The van der Waals surface area contributed by atoms with Crippen LogP contribution in [0.1, 0.15) is 48.1 Å². The monoisotopic (exact) mass is 378 g/mol. The van der Waals surface area contributed by atoms with Crippen LogP contribution >= 0.6 is 0 Å². The number of rotatable bonds is 4. The van der Waals surface area contributed by atoms with Crippen molar-refractivity contribution in [2.45, 2.75) is 32.2 Å². The number of anilines is 1. The summed E-state index contributed by atoms with van der Waals surface area (Å²) in [5, 5.41) is 3.87. The maximum atomic E-state index is 13.1. The van der Waals surface area contributed by atoms with E-state index in [1.807, 2.05) is 19.1 Å². The minimum atomic E-state index is -0.290. The van der Waals surface area contributed by atoms with Crippen LogP contribution in [0.5, 0.6) is 0 Å². The number of benzene rings is 2. The van der Waals surface area contributed by atoms with Crippen LogP contribution in [0.2, 0.25) is 0 Å². The molecule has 28 heavy (non-hydrogen) atoms. The number of nitrogens with one attached hydrogen (secondary N) is 1. The van der Waals surface area contributed by atoms with Gasteiger partial charge in [-0.3, -0.25) is 4.79 Å². The van der Waals surface area contributed by atoms with Gasteiger partial charge in [0.05, 0.1) is 11.6 Å². The van der Waals surface area contributed by atoms with Gasteiger partial charge in [-0.1, -0.05) is 12.1 Å². The zero-order chi connectivity index (χ0) is 19.5. The molecule has 0 spiro atoms. The molecule has 1 amide bonds. The van der Waals surface area contributed by atoms with E-state index in [2.05, 4.69) is 20.2 Å². The van der Waals surface area contributed by atoms with Crippen LogP contribution in [-0.2, 0) is 0 Å². The van der Waals surface area contributed by atoms with Crippen LogP contribution in [0.15, 0.2) is 48.8 Å². The average molecular weight is 378 g/mol. The molecule has 6 heteroatoms. The van der Waals surface area contributed by atoms with Gasteiger partial charge in [0, 0.05) is 24.0 Å². The van der Waals surface area contributed by atoms with Crippen LogP contribution in [0, 0.1) is 5.82 Å². The second-order valence-corrected chi connectivity index (χ2v) is 7.22. The van der Waals surface area contributed by atoms with Crippen molar-refractivity contribution in [1.29, 1.82) is 0 Å². The number of hydrogen-bond acceptors (Lipinski definition) is 4. The van der Waals surface area contributed by atoms with Crippen LogP contribution in [0.3, 0.4) is 0 Å². The number of carbonyl (C=O) groups is 1. The number of fused-ring (bicyclic) bond motifs is 1. The van der Waals surface area contributed by atoms with Gasteiger partial charge in [0.1, 0.15) is 18.0 Å². The second kappa shape index (κ2) is 7.92. The third kappa shape index (κ3) is 3.81. The second-order valence-electron chi connectivity index (χ2n) is 7.22. The summed E-state index contributed by atoms with van der Waals surface area (Å²) in [6.07, 6.45) is 5.14. The lowest BCUT2D eigenvalue weighted by Crippen LogP contribution is -2.30. The molecule has 1 aliphatic rings. The highest BCUT2D eigenvalue weighted by atomic mass is 19.1. The van der Waals surface area contributed by atoms with Crippen molar-refractivity contribution in [3.63, 3.8) is 0 Å². The fourth-order valence-electron chi connectivity index (χ4n) is 3.66. The largest absolute Gasteiger partial charge is 0.356 e. The van der Waals surface area contributed by atoms with E-state index in [9.17, 15) is 9.18 Å². The van der Waals surface area contributed by atoms with Crippen LogP contribution in [0.4, 0.5) is 10.2 Å². The highest BCUT2D eigenvalue weighted by Crippen LogP contribution is 2.26. The van der Waals surface area contributed by atoms with Gasteiger partial charge in [0.15, 0.2) is 0 Å². The molecule has 1 N–H and O–H groups in total. The number of nitrogens with zero attached hydrogens (tertiary/aromatic N) is 3. The first kappa shape index (κ1) is 18.3. The molecule has 1 fully saturated rings. The summed E-state index contributed by atoms with van der Waals surface area (Å²) in [5.74, 6) is 0.431. The standard InChI is InChI=1S/C22H23FN4O/c1-15(16-5-8-18(23)9-6-16)26-22(28)17-7-10-20-19(13-17)21(25-14-24-20)27-11-3-2-4-12-27/h5-10,13-15H,2-4,11-12H2,1H3,(H,26,28). The normalized spacial score (nSPS) is 15.4. The average Bonchev–Trinajstić information content (AvgIpc) is 2.74. The van der Waals surface area contributed by atoms with Crippen molar-refractivity contribution in [3.05, 3.63) is 65.7 Å². The number of halogens is 1. The first-order valence-electron chi connectivity index (χ1n) is 9.68. The molecule has 1 aromatic heterocycles. The van der Waals surface area contributed by atoms with Gasteiger partial charge in [-0.15, -0.1) is 0 Å². The molecule has 1 atom stereocenters. The molecular weight excluding hydrogens is 355 g/mol. The van der Waals surface area contributed by atoms with Crippen molar-refractivity contribution in [1.82, 2.24) is 15.3 Å². The van der Waals surface area contributed by atoms with Crippen LogP contribution < -0.4 is 10.2 Å². The summed E-state index contributed by atoms with van der Waals surface area (Å²) in [5.41, 5.74) is 2.25. The van der Waals surface area contributed by atoms with E-state index in [1.54, 1.807) is 24.5 Å². The van der Waals surface area contributed by atoms with Gasteiger partial charge in [-0.25, -0.2) is 14.4 Å². The Morgan fingerprint density at radius 3 is 2.57 bits per heavy atom. The molecule has 0 saturated carbocycles. The Hall–Kier alpha value is -3.02. The summed E-state index contributed by atoms with van der Waals surface area (Å²) in [6.45, 7) is 3.84. The molecule has 0 bridgehead atoms. The SMILES string of the molecule is CC(NC(=O)c1ccc2ncnc(N3CCCCC3)c2c1)c1ccc(F)cc1. The first-order valence-corrected chi connectivity index (χ1v) is 9.68. The van der Waals surface area contributed by atoms with Crippen molar-refractivity contribution in [2.75, 3.05) is 18.0 Å². The molecule has 0 aliphatic carbocycles. The zero-order valence-electron chi connectivity index (χ0n) is 15.9. The van der Waals surface area contributed by atoms with E-state index in [4.69, 9.17) is 0 Å². The third-order valence-corrected chi connectivity index (χ3v) is 5.25. The van der Waals surface area contributed by atoms with Gasteiger partial charge >= 0.3 is 0 Å². The summed E-state index contributed by atoms with van der Waals surface area (Å²) in [4.78, 5) is 23.9. The summed E-state index contributed by atoms with van der Waals surface area (Å²) >= 11 is 0. The van der Waals surface area contributed by atoms with E-state index in [0.717, 1.165) is 48.2 Å². The maximum Gasteiger partial charge on any atom is 0.251 e. The molecular formula is C22H23FN4O. The minimum absolute atomic E-state index is 0.174. The molecule has 144 valence electrons. The molecule has 3 aromatic rings. The minimum Gasteiger partial charge on any atom is -0.356 e. The fourth-order valence-corrected chi connectivity index (χ4v) is 3.66. The van der Waals surface area contributed by atoms with Gasteiger partial charge in [0.2, 0.25) is 0 Å². The summed E-state index contributed by atoms with van der Waals surface area (Å²) in [7, 11) is 0. The summed E-state index contributed by atoms with van der Waals surface area (Å²) < 4.78 is 13.1. The molecule has 1 saturated heterocycles. The van der Waals surface area contributed by atoms with Crippen molar-refractivity contribution >= 4 is 22.6 Å². The summed E-state index contributed by atoms with van der Waals surface area (Å²) in [6, 6.07) is 11.5. The molecule has 2 aromatic carbocycles. The Labute approximate surface area is 163 Å². The Kier molecular flexibility index (Phi) is 5.19. The Morgan fingerprint density at radius 1 is 1.07 bits per heavy atom. The Balaban J connectivity index is 1.59. The van der Waals surface area contributed by atoms with E-state index in [-0.39, 0.29) is 17.8 Å². The molecule has 1 unspecified atom stereocenters. The topological polar surface area (TPSA) is 58.1 Å². The number of aromatic nitrogens is 2. The van der Waals surface area contributed by atoms with Crippen molar-refractivity contribution < 1.29 is 9.18 Å². The first-order chi connectivity index (χ1) is 13.6. The molecule has 0 radical (unpaired) electrons. The highest BCUT2D eigenvalue weighted by molar-refractivity contribution is 6.00. The lowest BCUT2D eigenvalue weighted by Gasteiger charge is -2.28. The predicted molar refractivity (Wildman–Crippen MR) is 108 cm³/mol. The van der Waals surface area contributed by atoms with Gasteiger partial charge < -0.3 is 10.2 Å². The lowest BCUT2D eigenvalue weighted by molar-refractivity contribution is 0.0940. The quantitative estimate of drug-likeness (QED) is 0.737. The Bertz CT molecular complexity index is 983. The molecule has 4 rings (SSSR count). The van der Waals surface area contributed by atoms with Crippen LogP contribution in [-0.4, -0.2) is 29.0 Å². The van der Waals surface area contributed by atoms with Crippen molar-refractivity contribution in [2.24, 2.45) is 0 Å². The number of amides is 1. The van der Waals surface area contributed by atoms with Crippen molar-refractivity contribution in [3.8, 4) is 0 Å². The predicted octanol–water partition coefficient (Wildman–Crippen LogP) is 4.25. The number of piperidine rings is 1.